The number of hydrogen-bond donors (Lipinski definition) is 0. The molecule has 4 heteroatoms. The first-order valence-corrected chi connectivity index (χ1v) is 3.80. The maximum atomic E-state index is 11.1. The van der Waals surface area contributed by atoms with Gasteiger partial charge in [-0.15, -0.1) is 0 Å². The van der Waals surface area contributed by atoms with Crippen molar-refractivity contribution < 1.29 is 9.72 Å². The highest BCUT2D eigenvalue weighted by Gasteiger charge is 2.36. The number of hydrogen-bond acceptors (Lipinski definition) is 3. The van der Waals surface area contributed by atoms with Crippen LogP contribution in [0.3, 0.4) is 0 Å². The lowest BCUT2D eigenvalue weighted by atomic mass is 9.86. The SMILES string of the molecule is CC1CCCC([N+](=O)[O-])C1=O. The van der Waals surface area contributed by atoms with Crippen molar-refractivity contribution in [3.63, 3.8) is 0 Å². The number of carbonyl (C=O) groups excluding carboxylic acids is 1. The summed E-state index contributed by atoms with van der Waals surface area (Å²) in [5.41, 5.74) is 0. The van der Waals surface area contributed by atoms with Crippen molar-refractivity contribution in [1.82, 2.24) is 0 Å². The van der Waals surface area contributed by atoms with Crippen LogP contribution in [0.4, 0.5) is 0 Å². The Labute approximate surface area is 64.7 Å². The quantitative estimate of drug-likeness (QED) is 0.421. The molecule has 62 valence electrons. The Morgan fingerprint density at radius 2 is 2.18 bits per heavy atom. The zero-order valence-corrected chi connectivity index (χ0v) is 6.45. The average Bonchev–Trinajstić information content (AvgIpc) is 1.94. The summed E-state index contributed by atoms with van der Waals surface area (Å²) in [7, 11) is 0. The maximum Gasteiger partial charge on any atom is 0.270 e. The minimum atomic E-state index is -0.918. The summed E-state index contributed by atoms with van der Waals surface area (Å²) in [5, 5.41) is 10.3. The Kier molecular flexibility index (Phi) is 2.22. The molecule has 4 nitrogen and oxygen atoms in total. The molecule has 0 bridgehead atoms. The minimum Gasteiger partial charge on any atom is -0.292 e. The summed E-state index contributed by atoms with van der Waals surface area (Å²) >= 11 is 0. The van der Waals surface area contributed by atoms with Gasteiger partial charge < -0.3 is 0 Å². The molecule has 0 aromatic heterocycles. The Bertz CT molecular complexity index is 190. The van der Waals surface area contributed by atoms with Gasteiger partial charge in [0.2, 0.25) is 5.78 Å². The molecule has 0 aromatic carbocycles. The molecule has 0 amide bonds. The molecule has 1 rings (SSSR count). The van der Waals surface area contributed by atoms with Gasteiger partial charge in [0.05, 0.1) is 0 Å². The maximum absolute atomic E-state index is 11.1. The lowest BCUT2D eigenvalue weighted by Crippen LogP contribution is -2.37. The van der Waals surface area contributed by atoms with E-state index in [1.54, 1.807) is 6.92 Å². The van der Waals surface area contributed by atoms with Gasteiger partial charge >= 0.3 is 0 Å². The number of nitro groups is 1. The van der Waals surface area contributed by atoms with Crippen LogP contribution in [0.15, 0.2) is 0 Å². The highest BCUT2D eigenvalue weighted by Crippen LogP contribution is 2.21. The van der Waals surface area contributed by atoms with E-state index in [2.05, 4.69) is 0 Å². The van der Waals surface area contributed by atoms with Crippen molar-refractivity contribution >= 4 is 5.78 Å². The van der Waals surface area contributed by atoms with Crippen LogP contribution in [0.5, 0.6) is 0 Å². The standard InChI is InChI=1S/C7H11NO3/c1-5-3-2-4-6(7(5)9)8(10)11/h5-6H,2-4H2,1H3. The first-order valence-electron chi connectivity index (χ1n) is 3.80. The molecule has 0 saturated heterocycles. The van der Waals surface area contributed by atoms with Gasteiger partial charge in [0.25, 0.3) is 6.04 Å². The van der Waals surface area contributed by atoms with Crippen LogP contribution in [0.1, 0.15) is 26.2 Å². The van der Waals surface area contributed by atoms with Crippen molar-refractivity contribution in [2.75, 3.05) is 0 Å². The summed E-state index contributed by atoms with van der Waals surface area (Å²) in [6.45, 7) is 1.76. The molecular weight excluding hydrogens is 146 g/mol. The molecule has 1 aliphatic carbocycles. The summed E-state index contributed by atoms with van der Waals surface area (Å²) < 4.78 is 0. The third-order valence-corrected chi connectivity index (χ3v) is 2.18. The highest BCUT2D eigenvalue weighted by molar-refractivity contribution is 5.85. The molecule has 1 fully saturated rings. The smallest absolute Gasteiger partial charge is 0.270 e. The second kappa shape index (κ2) is 2.98. The van der Waals surface area contributed by atoms with Crippen molar-refractivity contribution in [3.8, 4) is 0 Å². The van der Waals surface area contributed by atoms with E-state index >= 15 is 0 Å². The van der Waals surface area contributed by atoms with Gasteiger partial charge in [0.15, 0.2) is 0 Å². The van der Waals surface area contributed by atoms with Crippen LogP contribution < -0.4 is 0 Å². The molecule has 0 N–H and O–H groups in total. The average molecular weight is 157 g/mol. The fourth-order valence-corrected chi connectivity index (χ4v) is 1.44. The summed E-state index contributed by atoms with van der Waals surface area (Å²) in [6, 6.07) is -0.918. The van der Waals surface area contributed by atoms with Crippen molar-refractivity contribution in [2.24, 2.45) is 5.92 Å². The Balaban J connectivity index is 2.66. The van der Waals surface area contributed by atoms with Gasteiger partial charge in [-0.1, -0.05) is 6.92 Å². The van der Waals surface area contributed by atoms with Crippen molar-refractivity contribution in [3.05, 3.63) is 10.1 Å². The third kappa shape index (κ3) is 1.56. The molecule has 0 aromatic rings. The molecule has 0 aliphatic heterocycles. The minimum absolute atomic E-state index is 0.112. The van der Waals surface area contributed by atoms with E-state index in [-0.39, 0.29) is 11.7 Å². The topological polar surface area (TPSA) is 60.2 Å². The molecule has 0 radical (unpaired) electrons. The number of rotatable bonds is 1. The lowest BCUT2D eigenvalue weighted by Gasteiger charge is -2.18. The van der Waals surface area contributed by atoms with Crippen molar-refractivity contribution in [2.45, 2.75) is 32.2 Å². The van der Waals surface area contributed by atoms with Gasteiger partial charge in [-0.2, -0.15) is 0 Å². The van der Waals surface area contributed by atoms with E-state index in [4.69, 9.17) is 0 Å². The number of nitrogens with zero attached hydrogens (tertiary/aromatic N) is 1. The van der Waals surface area contributed by atoms with Gasteiger partial charge in [0.1, 0.15) is 0 Å². The first-order chi connectivity index (χ1) is 5.13. The number of Topliss-reactive ketones (excluding diaryl/α,β-unsaturated/α-hetero) is 1. The van der Waals surface area contributed by atoms with Crippen LogP contribution in [-0.4, -0.2) is 16.7 Å². The van der Waals surface area contributed by atoms with E-state index in [1.807, 2.05) is 0 Å². The monoisotopic (exact) mass is 157 g/mol. The molecular formula is C7H11NO3. The fourth-order valence-electron chi connectivity index (χ4n) is 1.44. The first kappa shape index (κ1) is 8.17. The van der Waals surface area contributed by atoms with Gasteiger partial charge in [0, 0.05) is 17.3 Å². The Morgan fingerprint density at radius 1 is 1.55 bits per heavy atom. The van der Waals surface area contributed by atoms with Crippen LogP contribution in [-0.2, 0) is 4.79 Å². The van der Waals surface area contributed by atoms with E-state index in [9.17, 15) is 14.9 Å². The summed E-state index contributed by atoms with van der Waals surface area (Å²) in [5.74, 6) is -0.305. The molecule has 2 atom stereocenters. The van der Waals surface area contributed by atoms with E-state index in [0.29, 0.717) is 6.42 Å². The largest absolute Gasteiger partial charge is 0.292 e. The van der Waals surface area contributed by atoms with E-state index in [0.717, 1.165) is 12.8 Å². The van der Waals surface area contributed by atoms with E-state index in [1.165, 1.54) is 0 Å². The van der Waals surface area contributed by atoms with Crippen LogP contribution in [0.25, 0.3) is 0 Å². The summed E-state index contributed by atoms with van der Waals surface area (Å²) in [4.78, 5) is 21.0. The Hall–Kier alpha value is -0.930. The molecule has 1 aliphatic rings. The number of carbonyl (C=O) groups is 1. The normalized spacial score (nSPS) is 31.9. The van der Waals surface area contributed by atoms with Gasteiger partial charge in [-0.05, 0) is 12.8 Å². The van der Waals surface area contributed by atoms with Crippen LogP contribution >= 0.6 is 0 Å². The zero-order chi connectivity index (χ0) is 8.43. The van der Waals surface area contributed by atoms with Crippen molar-refractivity contribution in [1.29, 1.82) is 0 Å². The molecule has 1 saturated carbocycles. The predicted molar refractivity (Wildman–Crippen MR) is 38.8 cm³/mol. The fraction of sp³-hybridized carbons (Fsp3) is 0.857. The zero-order valence-electron chi connectivity index (χ0n) is 6.45. The van der Waals surface area contributed by atoms with Crippen LogP contribution in [0, 0.1) is 16.0 Å². The number of ketones is 1. The van der Waals surface area contributed by atoms with E-state index < -0.39 is 11.0 Å². The van der Waals surface area contributed by atoms with Gasteiger partial charge in [-0.25, -0.2) is 0 Å². The Morgan fingerprint density at radius 3 is 2.64 bits per heavy atom. The predicted octanol–water partition coefficient (Wildman–Crippen LogP) is 1.02. The lowest BCUT2D eigenvalue weighted by molar-refractivity contribution is -0.510. The molecule has 11 heavy (non-hydrogen) atoms. The molecule has 0 heterocycles. The van der Waals surface area contributed by atoms with Crippen LogP contribution in [0.2, 0.25) is 0 Å². The molecule has 2 unspecified atom stereocenters. The van der Waals surface area contributed by atoms with Gasteiger partial charge in [-0.3, -0.25) is 14.9 Å². The molecule has 0 spiro atoms. The highest BCUT2D eigenvalue weighted by atomic mass is 16.6. The third-order valence-electron chi connectivity index (χ3n) is 2.18. The second-order valence-corrected chi connectivity index (χ2v) is 3.04. The second-order valence-electron chi connectivity index (χ2n) is 3.04. The summed E-state index contributed by atoms with van der Waals surface area (Å²) in [6.07, 6.45) is 2.04.